The number of nitro groups is 1. The van der Waals surface area contributed by atoms with E-state index in [0.717, 1.165) is 0 Å². The lowest BCUT2D eigenvalue weighted by atomic mass is 10.2. The Bertz CT molecular complexity index is 734. The summed E-state index contributed by atoms with van der Waals surface area (Å²) in [5.74, 6) is 1.06. The lowest BCUT2D eigenvalue weighted by Crippen LogP contribution is -2.01. The number of nitrogens with one attached hydrogen (secondary N) is 1. The van der Waals surface area contributed by atoms with Gasteiger partial charge in [0.25, 0.3) is 5.69 Å². The lowest BCUT2D eigenvalue weighted by Gasteiger charge is -1.96. The van der Waals surface area contributed by atoms with Crippen LogP contribution in [-0.4, -0.2) is 29.9 Å². The summed E-state index contributed by atoms with van der Waals surface area (Å²) in [5, 5.41) is 21.7. The van der Waals surface area contributed by atoms with E-state index in [1.165, 1.54) is 12.1 Å². The molecule has 0 amide bonds. The fraction of sp³-hybridized carbons (Fsp3) is 0.0833. The predicted octanol–water partition coefficient (Wildman–Crippen LogP) is 1.62. The van der Waals surface area contributed by atoms with Crippen molar-refractivity contribution in [2.75, 3.05) is 0 Å². The number of aromatic amines is 1. The fourth-order valence-electron chi connectivity index (χ4n) is 1.80. The van der Waals surface area contributed by atoms with Crippen LogP contribution in [0.15, 0.2) is 42.7 Å². The fourth-order valence-corrected chi connectivity index (χ4v) is 1.80. The molecule has 0 aliphatic heterocycles. The monoisotopic (exact) mass is 270 g/mol. The number of H-pyrrole nitrogens is 1. The van der Waals surface area contributed by atoms with Crippen molar-refractivity contribution in [2.45, 2.75) is 6.54 Å². The minimum atomic E-state index is -0.444. The molecule has 0 aliphatic carbocycles. The van der Waals surface area contributed by atoms with Crippen LogP contribution in [-0.2, 0) is 6.54 Å². The topological polar surface area (TPSA) is 103 Å². The van der Waals surface area contributed by atoms with Crippen molar-refractivity contribution in [3.63, 3.8) is 0 Å². The van der Waals surface area contributed by atoms with Crippen LogP contribution in [0.4, 0.5) is 5.69 Å². The quantitative estimate of drug-likeness (QED) is 0.573. The summed E-state index contributed by atoms with van der Waals surface area (Å²) in [6.45, 7) is 0.467. The summed E-state index contributed by atoms with van der Waals surface area (Å²) in [6, 6.07) is 8.03. The van der Waals surface area contributed by atoms with Gasteiger partial charge in [0.1, 0.15) is 12.4 Å². The van der Waals surface area contributed by atoms with Crippen LogP contribution in [0.5, 0.6) is 0 Å². The second kappa shape index (κ2) is 4.92. The number of rotatable bonds is 4. The molecular weight excluding hydrogens is 260 g/mol. The van der Waals surface area contributed by atoms with E-state index < -0.39 is 4.92 Å². The first kappa shape index (κ1) is 12.0. The molecule has 1 N–H and O–H groups in total. The molecule has 100 valence electrons. The number of aromatic nitrogens is 5. The van der Waals surface area contributed by atoms with Gasteiger partial charge in [0.15, 0.2) is 5.82 Å². The summed E-state index contributed by atoms with van der Waals surface area (Å²) in [6.07, 6.45) is 3.49. The van der Waals surface area contributed by atoms with Crippen LogP contribution in [0, 0.1) is 10.1 Å². The number of benzene rings is 1. The summed E-state index contributed by atoms with van der Waals surface area (Å²) in [5.41, 5.74) is 0.614. The Morgan fingerprint density at radius 2 is 2.25 bits per heavy atom. The van der Waals surface area contributed by atoms with E-state index in [4.69, 9.17) is 0 Å². The van der Waals surface area contributed by atoms with Gasteiger partial charge in [0.2, 0.25) is 0 Å². The van der Waals surface area contributed by atoms with Gasteiger partial charge in [-0.2, -0.15) is 10.2 Å². The molecule has 1 aromatic carbocycles. The number of nitrogens with zero attached hydrogens (tertiary/aromatic N) is 5. The van der Waals surface area contributed by atoms with Crippen LogP contribution >= 0.6 is 0 Å². The molecule has 20 heavy (non-hydrogen) atoms. The van der Waals surface area contributed by atoms with E-state index in [9.17, 15) is 10.1 Å². The first-order valence-electron chi connectivity index (χ1n) is 5.86. The van der Waals surface area contributed by atoms with Gasteiger partial charge in [-0.25, -0.2) is 4.98 Å². The van der Waals surface area contributed by atoms with E-state index in [2.05, 4.69) is 20.3 Å². The molecule has 3 rings (SSSR count). The van der Waals surface area contributed by atoms with E-state index in [-0.39, 0.29) is 5.69 Å². The highest BCUT2D eigenvalue weighted by atomic mass is 16.6. The molecule has 0 fully saturated rings. The number of hydrogen-bond donors (Lipinski definition) is 1. The minimum Gasteiger partial charge on any atom is -0.265 e. The Morgan fingerprint density at radius 3 is 3.00 bits per heavy atom. The average Bonchev–Trinajstić information content (AvgIpc) is 3.11. The molecule has 2 aromatic heterocycles. The Balaban J connectivity index is 1.86. The van der Waals surface area contributed by atoms with Crippen LogP contribution in [0.2, 0.25) is 0 Å². The first-order valence-corrected chi connectivity index (χ1v) is 5.86. The maximum atomic E-state index is 10.7. The summed E-state index contributed by atoms with van der Waals surface area (Å²) in [7, 11) is 0. The molecule has 0 saturated heterocycles. The SMILES string of the molecule is O=[N+]([O-])c1cccc(-c2n[nH]c(Cn3cccn3)n2)c1. The molecule has 8 heteroatoms. The summed E-state index contributed by atoms with van der Waals surface area (Å²) >= 11 is 0. The Kier molecular flexibility index (Phi) is 2.96. The van der Waals surface area contributed by atoms with Crippen molar-refractivity contribution in [3.8, 4) is 11.4 Å². The average molecular weight is 270 g/mol. The molecular formula is C12H10N6O2. The Morgan fingerprint density at radius 1 is 1.35 bits per heavy atom. The van der Waals surface area contributed by atoms with Gasteiger partial charge in [-0.1, -0.05) is 12.1 Å². The normalized spacial score (nSPS) is 10.6. The van der Waals surface area contributed by atoms with Crippen molar-refractivity contribution in [1.29, 1.82) is 0 Å². The number of hydrogen-bond acceptors (Lipinski definition) is 5. The highest BCUT2D eigenvalue weighted by molar-refractivity contribution is 5.58. The van der Waals surface area contributed by atoms with Crippen molar-refractivity contribution >= 4 is 5.69 Å². The molecule has 0 saturated carbocycles. The predicted molar refractivity (Wildman–Crippen MR) is 69.8 cm³/mol. The highest BCUT2D eigenvalue weighted by Crippen LogP contribution is 2.20. The third-order valence-corrected chi connectivity index (χ3v) is 2.72. The third-order valence-electron chi connectivity index (χ3n) is 2.72. The van der Waals surface area contributed by atoms with Crippen LogP contribution in [0.3, 0.4) is 0 Å². The largest absolute Gasteiger partial charge is 0.270 e. The Hall–Kier alpha value is -3.03. The highest BCUT2D eigenvalue weighted by Gasteiger charge is 2.11. The van der Waals surface area contributed by atoms with Gasteiger partial charge >= 0.3 is 0 Å². The third kappa shape index (κ3) is 2.39. The van der Waals surface area contributed by atoms with E-state index in [1.54, 1.807) is 23.0 Å². The van der Waals surface area contributed by atoms with Crippen molar-refractivity contribution in [1.82, 2.24) is 25.0 Å². The smallest absolute Gasteiger partial charge is 0.265 e. The van der Waals surface area contributed by atoms with E-state index >= 15 is 0 Å². The van der Waals surface area contributed by atoms with Crippen LogP contribution in [0.25, 0.3) is 11.4 Å². The molecule has 0 radical (unpaired) electrons. The van der Waals surface area contributed by atoms with Gasteiger partial charge in [-0.3, -0.25) is 19.9 Å². The molecule has 0 spiro atoms. The van der Waals surface area contributed by atoms with E-state index in [1.807, 2.05) is 12.3 Å². The number of non-ortho nitro benzene ring substituents is 1. The van der Waals surface area contributed by atoms with Crippen molar-refractivity contribution in [2.24, 2.45) is 0 Å². The maximum absolute atomic E-state index is 10.7. The molecule has 0 unspecified atom stereocenters. The van der Waals surface area contributed by atoms with Gasteiger partial charge in [0.05, 0.1) is 4.92 Å². The number of nitro benzene ring substituents is 1. The molecule has 2 heterocycles. The zero-order valence-corrected chi connectivity index (χ0v) is 10.3. The molecule has 8 nitrogen and oxygen atoms in total. The van der Waals surface area contributed by atoms with Crippen LogP contribution in [0.1, 0.15) is 5.82 Å². The molecule has 3 aromatic rings. The van der Waals surface area contributed by atoms with Crippen LogP contribution < -0.4 is 0 Å². The second-order valence-electron chi connectivity index (χ2n) is 4.12. The molecule has 0 aliphatic rings. The van der Waals surface area contributed by atoms with Gasteiger partial charge in [-0.15, -0.1) is 0 Å². The molecule has 0 atom stereocenters. The first-order chi connectivity index (χ1) is 9.72. The zero-order chi connectivity index (χ0) is 13.9. The van der Waals surface area contributed by atoms with Gasteiger partial charge < -0.3 is 0 Å². The summed E-state index contributed by atoms with van der Waals surface area (Å²) < 4.78 is 1.71. The zero-order valence-electron chi connectivity index (χ0n) is 10.3. The van der Waals surface area contributed by atoms with E-state index in [0.29, 0.717) is 23.8 Å². The van der Waals surface area contributed by atoms with Gasteiger partial charge in [0, 0.05) is 30.1 Å². The van der Waals surface area contributed by atoms with Crippen molar-refractivity contribution < 1.29 is 4.92 Å². The molecule has 0 bridgehead atoms. The minimum absolute atomic E-state index is 0.0147. The second-order valence-corrected chi connectivity index (χ2v) is 4.12. The lowest BCUT2D eigenvalue weighted by molar-refractivity contribution is -0.384. The summed E-state index contributed by atoms with van der Waals surface area (Å²) in [4.78, 5) is 14.6. The Labute approximate surface area is 113 Å². The van der Waals surface area contributed by atoms with Gasteiger partial charge in [-0.05, 0) is 6.07 Å². The standard InChI is InChI=1S/C12H10N6O2/c19-18(20)10-4-1-3-9(7-10)12-14-11(15-16-12)8-17-6-2-5-13-17/h1-7H,8H2,(H,14,15,16). The van der Waals surface area contributed by atoms with Crippen molar-refractivity contribution in [3.05, 3.63) is 58.7 Å². The maximum Gasteiger partial charge on any atom is 0.270 e.